The van der Waals surface area contributed by atoms with Crippen molar-refractivity contribution in [3.63, 3.8) is 0 Å². The van der Waals surface area contributed by atoms with Crippen LogP contribution in [0, 0.1) is 0 Å². The molecule has 1 aliphatic heterocycles. The average molecular weight is 384 g/mol. The SMILES string of the molecule is CCN(CC)CCN1CCN(Cc2ccc(O)c(O)c2)C(c2ccccc2)C1. The average Bonchev–Trinajstić information content (AvgIpc) is 2.73. The van der Waals surface area contributed by atoms with E-state index in [-0.39, 0.29) is 11.5 Å². The highest BCUT2D eigenvalue weighted by atomic mass is 16.3. The molecule has 1 saturated heterocycles. The summed E-state index contributed by atoms with van der Waals surface area (Å²) in [5.74, 6) is -0.115. The van der Waals surface area contributed by atoms with Crippen molar-refractivity contribution >= 4 is 0 Å². The molecule has 1 aliphatic rings. The van der Waals surface area contributed by atoms with Gasteiger partial charge in [-0.05, 0) is 36.3 Å². The third kappa shape index (κ3) is 5.25. The number of hydrogen-bond acceptors (Lipinski definition) is 5. The number of hydrogen-bond donors (Lipinski definition) is 2. The van der Waals surface area contributed by atoms with Gasteiger partial charge in [-0.3, -0.25) is 9.80 Å². The molecule has 2 aromatic rings. The van der Waals surface area contributed by atoms with E-state index >= 15 is 0 Å². The molecule has 1 fully saturated rings. The van der Waals surface area contributed by atoms with E-state index in [0.29, 0.717) is 6.04 Å². The maximum Gasteiger partial charge on any atom is 0.157 e. The van der Waals surface area contributed by atoms with Crippen LogP contribution in [0.3, 0.4) is 0 Å². The van der Waals surface area contributed by atoms with Gasteiger partial charge in [0, 0.05) is 45.3 Å². The number of benzene rings is 2. The minimum Gasteiger partial charge on any atom is -0.504 e. The summed E-state index contributed by atoms with van der Waals surface area (Å²) in [5.41, 5.74) is 2.35. The fourth-order valence-electron chi connectivity index (χ4n) is 3.99. The van der Waals surface area contributed by atoms with Gasteiger partial charge in [0.2, 0.25) is 0 Å². The zero-order valence-electron chi connectivity index (χ0n) is 17.1. The molecule has 3 rings (SSSR count). The Morgan fingerprint density at radius 3 is 2.39 bits per heavy atom. The summed E-state index contributed by atoms with van der Waals surface area (Å²) < 4.78 is 0. The predicted octanol–water partition coefficient (Wildman–Crippen LogP) is 3.30. The molecule has 0 aromatic heterocycles. The summed E-state index contributed by atoms with van der Waals surface area (Å²) in [6.07, 6.45) is 0. The van der Waals surface area contributed by atoms with Gasteiger partial charge >= 0.3 is 0 Å². The van der Waals surface area contributed by atoms with Crippen LogP contribution in [-0.4, -0.2) is 70.7 Å². The summed E-state index contributed by atoms with van der Waals surface area (Å²) in [4.78, 5) is 7.53. The fraction of sp³-hybridized carbons (Fsp3) is 0.478. The third-order valence-electron chi connectivity index (χ3n) is 5.81. The van der Waals surface area contributed by atoms with Crippen molar-refractivity contribution < 1.29 is 10.2 Å². The Kier molecular flexibility index (Phi) is 7.31. The highest BCUT2D eigenvalue weighted by molar-refractivity contribution is 5.40. The van der Waals surface area contributed by atoms with Crippen LogP contribution in [0.4, 0.5) is 0 Å². The second-order valence-electron chi connectivity index (χ2n) is 7.55. The van der Waals surface area contributed by atoms with Gasteiger partial charge in [0.25, 0.3) is 0 Å². The van der Waals surface area contributed by atoms with Crippen LogP contribution in [0.5, 0.6) is 11.5 Å². The van der Waals surface area contributed by atoms with Gasteiger partial charge in [-0.25, -0.2) is 0 Å². The summed E-state index contributed by atoms with van der Waals surface area (Å²) in [6.45, 7) is 12.7. The zero-order valence-corrected chi connectivity index (χ0v) is 17.1. The Bertz CT molecular complexity index is 734. The van der Waals surface area contributed by atoms with Crippen molar-refractivity contribution in [2.75, 3.05) is 45.8 Å². The second kappa shape index (κ2) is 9.92. The minimum absolute atomic E-state index is 0.0494. The number of aromatic hydroxyl groups is 2. The van der Waals surface area contributed by atoms with E-state index in [2.05, 4.69) is 58.9 Å². The van der Waals surface area contributed by atoms with E-state index in [1.165, 1.54) is 5.56 Å². The first-order chi connectivity index (χ1) is 13.6. The Labute approximate surface area is 168 Å². The van der Waals surface area contributed by atoms with Gasteiger partial charge in [-0.2, -0.15) is 0 Å². The molecule has 5 heteroatoms. The van der Waals surface area contributed by atoms with E-state index in [9.17, 15) is 10.2 Å². The Morgan fingerprint density at radius 2 is 1.71 bits per heavy atom. The smallest absolute Gasteiger partial charge is 0.157 e. The summed E-state index contributed by atoms with van der Waals surface area (Å²) in [5, 5.41) is 19.4. The molecular weight excluding hydrogens is 350 g/mol. The molecule has 0 bridgehead atoms. The molecule has 2 aromatic carbocycles. The highest BCUT2D eigenvalue weighted by Gasteiger charge is 2.28. The predicted molar refractivity (Wildman–Crippen MR) is 114 cm³/mol. The standard InChI is InChI=1S/C23H33N3O2/c1-3-24(4-2)12-13-25-14-15-26(17-19-10-11-22(27)23(28)16-19)21(18-25)20-8-6-5-7-9-20/h5-11,16,21,27-28H,3-4,12-15,17-18H2,1-2H3. The van der Waals surface area contributed by atoms with E-state index in [0.717, 1.165) is 57.9 Å². The normalized spacial score (nSPS) is 18.6. The first-order valence-electron chi connectivity index (χ1n) is 10.3. The largest absolute Gasteiger partial charge is 0.504 e. The molecular formula is C23H33N3O2. The lowest BCUT2D eigenvalue weighted by atomic mass is 10.0. The first kappa shape index (κ1) is 20.6. The monoisotopic (exact) mass is 383 g/mol. The number of phenolic OH excluding ortho intramolecular Hbond substituents is 2. The van der Waals surface area contributed by atoms with Crippen molar-refractivity contribution in [2.45, 2.75) is 26.4 Å². The van der Waals surface area contributed by atoms with Crippen molar-refractivity contribution in [1.82, 2.24) is 14.7 Å². The van der Waals surface area contributed by atoms with Crippen LogP contribution in [0.25, 0.3) is 0 Å². The number of phenols is 2. The fourth-order valence-corrected chi connectivity index (χ4v) is 3.99. The maximum atomic E-state index is 9.84. The molecule has 1 atom stereocenters. The Balaban J connectivity index is 1.71. The van der Waals surface area contributed by atoms with Crippen LogP contribution in [0.15, 0.2) is 48.5 Å². The topological polar surface area (TPSA) is 50.2 Å². The molecule has 0 spiro atoms. The zero-order chi connectivity index (χ0) is 19.9. The molecule has 5 nitrogen and oxygen atoms in total. The Hall–Kier alpha value is -2.08. The van der Waals surface area contributed by atoms with Crippen molar-refractivity contribution in [2.24, 2.45) is 0 Å². The van der Waals surface area contributed by atoms with Crippen molar-refractivity contribution in [3.8, 4) is 11.5 Å². The van der Waals surface area contributed by atoms with Crippen LogP contribution >= 0.6 is 0 Å². The van der Waals surface area contributed by atoms with Crippen LogP contribution in [-0.2, 0) is 6.54 Å². The van der Waals surface area contributed by atoms with Crippen molar-refractivity contribution in [3.05, 3.63) is 59.7 Å². The Morgan fingerprint density at radius 1 is 0.964 bits per heavy atom. The van der Waals surface area contributed by atoms with E-state index in [1.54, 1.807) is 12.1 Å². The van der Waals surface area contributed by atoms with Gasteiger partial charge in [0.15, 0.2) is 11.5 Å². The minimum atomic E-state index is -0.0652. The van der Waals surface area contributed by atoms with E-state index < -0.39 is 0 Å². The van der Waals surface area contributed by atoms with E-state index in [1.807, 2.05) is 6.07 Å². The molecule has 0 aliphatic carbocycles. The maximum absolute atomic E-state index is 9.84. The number of piperazine rings is 1. The van der Waals surface area contributed by atoms with Crippen LogP contribution in [0.2, 0.25) is 0 Å². The molecule has 0 amide bonds. The third-order valence-corrected chi connectivity index (χ3v) is 5.81. The highest BCUT2D eigenvalue weighted by Crippen LogP contribution is 2.30. The second-order valence-corrected chi connectivity index (χ2v) is 7.55. The van der Waals surface area contributed by atoms with Gasteiger partial charge in [0.1, 0.15) is 0 Å². The summed E-state index contributed by atoms with van der Waals surface area (Å²) in [6, 6.07) is 16.1. The lowest BCUT2D eigenvalue weighted by Crippen LogP contribution is -2.49. The molecule has 1 unspecified atom stereocenters. The number of nitrogens with zero attached hydrogens (tertiary/aromatic N) is 3. The first-order valence-corrected chi connectivity index (χ1v) is 10.3. The molecule has 1 heterocycles. The molecule has 28 heavy (non-hydrogen) atoms. The summed E-state index contributed by atoms with van der Waals surface area (Å²) in [7, 11) is 0. The number of rotatable bonds is 8. The van der Waals surface area contributed by atoms with Crippen molar-refractivity contribution in [1.29, 1.82) is 0 Å². The lowest BCUT2D eigenvalue weighted by Gasteiger charge is -2.42. The number of likely N-dealkylation sites (N-methyl/N-ethyl adjacent to an activating group) is 1. The molecule has 2 N–H and O–H groups in total. The van der Waals surface area contributed by atoms with Crippen LogP contribution < -0.4 is 0 Å². The lowest BCUT2D eigenvalue weighted by molar-refractivity contribution is 0.0619. The quantitative estimate of drug-likeness (QED) is 0.685. The van der Waals surface area contributed by atoms with Gasteiger partial charge < -0.3 is 15.1 Å². The van der Waals surface area contributed by atoms with Gasteiger partial charge in [-0.1, -0.05) is 50.2 Å². The molecule has 152 valence electrons. The van der Waals surface area contributed by atoms with Gasteiger partial charge in [0.05, 0.1) is 0 Å². The molecule has 0 radical (unpaired) electrons. The van der Waals surface area contributed by atoms with Crippen LogP contribution in [0.1, 0.15) is 31.0 Å². The van der Waals surface area contributed by atoms with E-state index in [4.69, 9.17) is 0 Å². The summed E-state index contributed by atoms with van der Waals surface area (Å²) >= 11 is 0. The molecule has 0 saturated carbocycles. The van der Waals surface area contributed by atoms with Gasteiger partial charge in [-0.15, -0.1) is 0 Å².